The highest BCUT2D eigenvalue weighted by Crippen LogP contribution is 2.18. The van der Waals surface area contributed by atoms with E-state index >= 15 is 0 Å². The minimum absolute atomic E-state index is 0.422. The van der Waals surface area contributed by atoms with Crippen LogP contribution < -0.4 is 11.1 Å². The molecule has 0 aliphatic carbocycles. The molecular weight excluding hydrogens is 206 g/mol. The minimum atomic E-state index is -0.472. The van der Waals surface area contributed by atoms with Crippen LogP contribution in [0.4, 0.5) is 5.82 Å². The van der Waals surface area contributed by atoms with Crippen molar-refractivity contribution in [2.75, 3.05) is 5.32 Å². The van der Waals surface area contributed by atoms with Gasteiger partial charge in [-0.15, -0.1) is 0 Å². The van der Waals surface area contributed by atoms with Crippen molar-refractivity contribution >= 4 is 22.8 Å². The summed E-state index contributed by atoms with van der Waals surface area (Å²) < 4.78 is 1.89. The predicted molar refractivity (Wildman–Crippen MR) is 60.8 cm³/mol. The van der Waals surface area contributed by atoms with E-state index in [9.17, 15) is 4.79 Å². The Hall–Kier alpha value is -2.11. The molecule has 1 amide bonds. The zero-order valence-corrected chi connectivity index (χ0v) is 9.14. The summed E-state index contributed by atoms with van der Waals surface area (Å²) in [7, 11) is 1.90. The number of fused-ring (bicyclic) bond motifs is 1. The van der Waals surface area contributed by atoms with Crippen LogP contribution in [-0.2, 0) is 11.8 Å². The number of aromatic nitrogens is 3. The van der Waals surface area contributed by atoms with Crippen molar-refractivity contribution in [1.82, 2.24) is 14.5 Å². The first-order chi connectivity index (χ1) is 7.59. The SMILES string of the molecule is CC(Nc1nccc2c1ncn2C)C(N)=O. The van der Waals surface area contributed by atoms with E-state index in [4.69, 9.17) is 5.73 Å². The van der Waals surface area contributed by atoms with Crippen molar-refractivity contribution in [2.24, 2.45) is 12.8 Å². The molecule has 0 saturated carbocycles. The third-order valence-electron chi connectivity index (χ3n) is 2.42. The van der Waals surface area contributed by atoms with Gasteiger partial charge < -0.3 is 15.6 Å². The number of carbonyl (C=O) groups excluding carboxylic acids is 1. The third kappa shape index (κ3) is 1.69. The van der Waals surface area contributed by atoms with Gasteiger partial charge in [-0.25, -0.2) is 9.97 Å². The summed E-state index contributed by atoms with van der Waals surface area (Å²) >= 11 is 0. The van der Waals surface area contributed by atoms with Crippen molar-refractivity contribution in [3.8, 4) is 0 Å². The molecule has 2 rings (SSSR count). The molecule has 0 saturated heterocycles. The Morgan fingerprint density at radius 2 is 2.31 bits per heavy atom. The highest BCUT2D eigenvalue weighted by atomic mass is 16.1. The van der Waals surface area contributed by atoms with Crippen molar-refractivity contribution in [1.29, 1.82) is 0 Å². The zero-order chi connectivity index (χ0) is 11.7. The molecule has 6 heteroatoms. The number of amides is 1. The van der Waals surface area contributed by atoms with E-state index in [0.717, 1.165) is 11.0 Å². The number of anilines is 1. The van der Waals surface area contributed by atoms with Crippen molar-refractivity contribution in [3.63, 3.8) is 0 Å². The molecule has 0 radical (unpaired) electrons. The number of primary amides is 1. The van der Waals surface area contributed by atoms with Crippen LogP contribution in [-0.4, -0.2) is 26.5 Å². The molecule has 0 bridgehead atoms. The standard InChI is InChI=1S/C10H13N5O/c1-6(9(11)16)14-10-8-7(3-4-12-10)15(2)5-13-8/h3-6H,1-2H3,(H2,11,16)(H,12,14). The van der Waals surface area contributed by atoms with Gasteiger partial charge in [-0.3, -0.25) is 4.79 Å². The third-order valence-corrected chi connectivity index (χ3v) is 2.42. The molecule has 0 fully saturated rings. The Morgan fingerprint density at radius 1 is 1.56 bits per heavy atom. The number of nitrogens with two attached hydrogens (primary N) is 1. The molecular formula is C10H13N5O. The van der Waals surface area contributed by atoms with Crippen LogP contribution in [0.15, 0.2) is 18.6 Å². The first kappa shape index (κ1) is 10.4. The van der Waals surface area contributed by atoms with Gasteiger partial charge in [0.15, 0.2) is 5.82 Å². The topological polar surface area (TPSA) is 85.8 Å². The average molecular weight is 219 g/mol. The molecule has 16 heavy (non-hydrogen) atoms. The van der Waals surface area contributed by atoms with Gasteiger partial charge in [0.2, 0.25) is 5.91 Å². The van der Waals surface area contributed by atoms with Crippen LogP contribution in [0.1, 0.15) is 6.92 Å². The number of aryl methyl sites for hydroxylation is 1. The molecule has 0 spiro atoms. The fraction of sp³-hybridized carbons (Fsp3) is 0.300. The van der Waals surface area contributed by atoms with Gasteiger partial charge in [-0.2, -0.15) is 0 Å². The van der Waals surface area contributed by atoms with Crippen LogP contribution >= 0.6 is 0 Å². The quantitative estimate of drug-likeness (QED) is 0.775. The Kier molecular flexibility index (Phi) is 2.47. The number of nitrogens with zero attached hydrogens (tertiary/aromatic N) is 3. The van der Waals surface area contributed by atoms with Crippen molar-refractivity contribution < 1.29 is 4.79 Å². The number of pyridine rings is 1. The number of rotatable bonds is 3. The van der Waals surface area contributed by atoms with E-state index in [1.165, 1.54) is 0 Å². The molecule has 2 aromatic heterocycles. The van der Waals surface area contributed by atoms with E-state index < -0.39 is 11.9 Å². The van der Waals surface area contributed by atoms with E-state index in [2.05, 4.69) is 15.3 Å². The Labute approximate surface area is 92.5 Å². The minimum Gasteiger partial charge on any atom is -0.368 e. The lowest BCUT2D eigenvalue weighted by molar-refractivity contribution is -0.118. The molecule has 0 aromatic carbocycles. The lowest BCUT2D eigenvalue weighted by Gasteiger charge is -2.10. The monoisotopic (exact) mass is 219 g/mol. The number of imidazole rings is 1. The molecule has 1 atom stereocenters. The van der Waals surface area contributed by atoms with Gasteiger partial charge >= 0.3 is 0 Å². The van der Waals surface area contributed by atoms with Crippen LogP contribution in [0.3, 0.4) is 0 Å². The maximum atomic E-state index is 11.0. The van der Waals surface area contributed by atoms with Crippen LogP contribution in [0.2, 0.25) is 0 Å². The molecule has 0 aliphatic heterocycles. The maximum Gasteiger partial charge on any atom is 0.239 e. The van der Waals surface area contributed by atoms with E-state index in [-0.39, 0.29) is 0 Å². The summed E-state index contributed by atoms with van der Waals surface area (Å²) in [6.07, 6.45) is 3.37. The molecule has 84 valence electrons. The van der Waals surface area contributed by atoms with Gasteiger partial charge in [-0.05, 0) is 13.0 Å². The molecule has 6 nitrogen and oxygen atoms in total. The lowest BCUT2D eigenvalue weighted by atomic mass is 10.3. The smallest absolute Gasteiger partial charge is 0.239 e. The molecule has 3 N–H and O–H groups in total. The Balaban J connectivity index is 2.41. The summed E-state index contributed by atoms with van der Waals surface area (Å²) in [5, 5.41) is 2.94. The summed E-state index contributed by atoms with van der Waals surface area (Å²) in [5.41, 5.74) is 6.87. The number of nitrogens with one attached hydrogen (secondary N) is 1. The van der Waals surface area contributed by atoms with E-state index in [0.29, 0.717) is 5.82 Å². The first-order valence-electron chi connectivity index (χ1n) is 4.91. The fourth-order valence-corrected chi connectivity index (χ4v) is 1.44. The Morgan fingerprint density at radius 3 is 3.00 bits per heavy atom. The fourth-order valence-electron chi connectivity index (χ4n) is 1.44. The highest BCUT2D eigenvalue weighted by Gasteiger charge is 2.12. The van der Waals surface area contributed by atoms with Gasteiger partial charge in [0.05, 0.1) is 11.8 Å². The second kappa shape index (κ2) is 3.80. The van der Waals surface area contributed by atoms with Crippen LogP contribution in [0, 0.1) is 0 Å². The predicted octanol–water partition coefficient (Wildman–Crippen LogP) is 0.254. The Bertz CT molecular complexity index is 533. The number of carbonyl (C=O) groups is 1. The highest BCUT2D eigenvalue weighted by molar-refractivity contribution is 5.89. The number of hydrogen-bond acceptors (Lipinski definition) is 4. The molecule has 2 aromatic rings. The summed E-state index contributed by atoms with van der Waals surface area (Å²) in [6.45, 7) is 1.69. The average Bonchev–Trinajstić information content (AvgIpc) is 2.62. The largest absolute Gasteiger partial charge is 0.368 e. The van der Waals surface area contributed by atoms with Gasteiger partial charge in [0.1, 0.15) is 11.6 Å². The first-order valence-corrected chi connectivity index (χ1v) is 4.91. The second-order valence-corrected chi connectivity index (χ2v) is 3.65. The summed E-state index contributed by atoms with van der Waals surface area (Å²) in [4.78, 5) is 19.3. The van der Waals surface area contributed by atoms with Crippen LogP contribution in [0.25, 0.3) is 11.0 Å². The van der Waals surface area contributed by atoms with Gasteiger partial charge in [-0.1, -0.05) is 0 Å². The molecule has 2 heterocycles. The summed E-state index contributed by atoms with van der Waals surface area (Å²) in [6, 6.07) is 1.39. The summed E-state index contributed by atoms with van der Waals surface area (Å²) in [5.74, 6) is 0.152. The lowest BCUT2D eigenvalue weighted by Crippen LogP contribution is -2.32. The molecule has 0 aliphatic rings. The van der Waals surface area contributed by atoms with Gasteiger partial charge in [0, 0.05) is 13.2 Å². The normalized spacial score (nSPS) is 12.6. The van der Waals surface area contributed by atoms with Crippen molar-refractivity contribution in [2.45, 2.75) is 13.0 Å². The van der Waals surface area contributed by atoms with Crippen LogP contribution in [0.5, 0.6) is 0 Å². The second-order valence-electron chi connectivity index (χ2n) is 3.65. The van der Waals surface area contributed by atoms with Gasteiger partial charge in [0.25, 0.3) is 0 Å². The van der Waals surface area contributed by atoms with E-state index in [1.54, 1.807) is 19.4 Å². The molecule has 1 unspecified atom stereocenters. The van der Waals surface area contributed by atoms with Crippen molar-refractivity contribution in [3.05, 3.63) is 18.6 Å². The maximum absolute atomic E-state index is 11.0. The number of hydrogen-bond donors (Lipinski definition) is 2. The zero-order valence-electron chi connectivity index (χ0n) is 9.14. The van der Waals surface area contributed by atoms with E-state index in [1.807, 2.05) is 17.7 Å².